The first-order valence-corrected chi connectivity index (χ1v) is 15.3. The summed E-state index contributed by atoms with van der Waals surface area (Å²) in [5.74, 6) is -3.25. The van der Waals surface area contributed by atoms with Gasteiger partial charge in [0.05, 0.1) is 31.6 Å². The lowest BCUT2D eigenvalue weighted by Crippen LogP contribution is -2.48. The van der Waals surface area contributed by atoms with E-state index < -0.39 is 51.9 Å². The summed E-state index contributed by atoms with van der Waals surface area (Å²) < 4.78 is 42.8. The van der Waals surface area contributed by atoms with E-state index in [2.05, 4.69) is 15.4 Å². The van der Waals surface area contributed by atoms with E-state index >= 15 is 0 Å². The van der Waals surface area contributed by atoms with Crippen molar-refractivity contribution in [1.82, 2.24) is 10.6 Å². The van der Waals surface area contributed by atoms with Gasteiger partial charge in [0.1, 0.15) is 11.8 Å². The SMILES string of the molecule is CCOC(=O)C(Oc1ccc(C[C@H](NC(=O)CCC(=O)OC)C(=O)NCCc2ccc(S(N)(=O)=O)cc2)cc1)C(=O)OCC. The number of methoxy groups -OCH3 is 1. The summed E-state index contributed by atoms with van der Waals surface area (Å²) >= 11 is 0. The number of amides is 2. The molecule has 0 aliphatic carbocycles. The minimum atomic E-state index is -3.83. The van der Waals surface area contributed by atoms with Crippen molar-refractivity contribution in [2.45, 2.75) is 56.6 Å². The summed E-state index contributed by atoms with van der Waals surface area (Å²) in [6, 6.07) is 11.0. The zero-order valence-corrected chi connectivity index (χ0v) is 25.5. The normalized spacial score (nSPS) is 11.7. The van der Waals surface area contributed by atoms with Crippen LogP contribution in [-0.2, 0) is 61.0 Å². The van der Waals surface area contributed by atoms with Crippen LogP contribution < -0.4 is 20.5 Å². The Bertz CT molecular complexity index is 1380. The molecule has 0 saturated carbocycles. The Balaban J connectivity index is 2.11. The molecule has 0 fully saturated rings. The van der Waals surface area contributed by atoms with E-state index in [0.29, 0.717) is 12.0 Å². The molecule has 0 aliphatic rings. The van der Waals surface area contributed by atoms with Gasteiger partial charge in [-0.05, 0) is 55.7 Å². The number of primary sulfonamides is 1. The molecule has 15 heteroatoms. The molecule has 0 aliphatic heterocycles. The molecule has 0 spiro atoms. The van der Waals surface area contributed by atoms with Crippen molar-refractivity contribution in [1.29, 1.82) is 0 Å². The molecule has 0 heterocycles. The van der Waals surface area contributed by atoms with Gasteiger partial charge >= 0.3 is 17.9 Å². The van der Waals surface area contributed by atoms with Gasteiger partial charge in [-0.25, -0.2) is 23.1 Å². The first kappa shape index (κ1) is 35.7. The highest BCUT2D eigenvalue weighted by Gasteiger charge is 2.32. The second-order valence-corrected chi connectivity index (χ2v) is 10.8. The highest BCUT2D eigenvalue weighted by Crippen LogP contribution is 2.17. The minimum Gasteiger partial charge on any atom is -0.469 e. The maximum absolute atomic E-state index is 13.1. The number of rotatable bonds is 17. The van der Waals surface area contributed by atoms with Crippen LogP contribution >= 0.6 is 0 Å². The van der Waals surface area contributed by atoms with Crippen molar-refractivity contribution >= 4 is 39.7 Å². The van der Waals surface area contributed by atoms with Crippen LogP contribution in [0, 0.1) is 0 Å². The summed E-state index contributed by atoms with van der Waals surface area (Å²) in [5.41, 5.74) is 1.35. The van der Waals surface area contributed by atoms with Crippen LogP contribution in [0.5, 0.6) is 5.75 Å². The Morgan fingerprint density at radius 2 is 1.41 bits per heavy atom. The Morgan fingerprint density at radius 1 is 0.841 bits per heavy atom. The first-order chi connectivity index (χ1) is 20.9. The van der Waals surface area contributed by atoms with Gasteiger partial charge < -0.3 is 29.6 Å². The smallest absolute Gasteiger partial charge is 0.359 e. The second kappa shape index (κ2) is 17.6. The average Bonchev–Trinajstić information content (AvgIpc) is 2.99. The van der Waals surface area contributed by atoms with Crippen LogP contribution in [-0.4, -0.2) is 77.2 Å². The number of benzene rings is 2. The van der Waals surface area contributed by atoms with E-state index in [1.807, 2.05) is 0 Å². The molecule has 14 nitrogen and oxygen atoms in total. The number of sulfonamides is 1. The quantitative estimate of drug-likeness (QED) is 0.124. The fraction of sp³-hybridized carbons (Fsp3) is 0.414. The molecule has 44 heavy (non-hydrogen) atoms. The molecule has 2 amide bonds. The topological polar surface area (TPSA) is 206 Å². The number of hydrogen-bond acceptors (Lipinski definition) is 11. The third-order valence-corrected chi connectivity index (χ3v) is 6.95. The Morgan fingerprint density at radius 3 is 1.93 bits per heavy atom. The second-order valence-electron chi connectivity index (χ2n) is 9.28. The summed E-state index contributed by atoms with van der Waals surface area (Å²) in [4.78, 5) is 61.5. The van der Waals surface area contributed by atoms with E-state index in [9.17, 15) is 32.4 Å². The molecule has 0 unspecified atom stereocenters. The highest BCUT2D eigenvalue weighted by atomic mass is 32.2. The van der Waals surface area contributed by atoms with Gasteiger partial charge in [-0.3, -0.25) is 14.4 Å². The van der Waals surface area contributed by atoms with Gasteiger partial charge in [0.15, 0.2) is 0 Å². The lowest BCUT2D eigenvalue weighted by molar-refractivity contribution is -0.166. The van der Waals surface area contributed by atoms with Crippen molar-refractivity contribution in [2.24, 2.45) is 5.14 Å². The Kier molecular flexibility index (Phi) is 14.3. The van der Waals surface area contributed by atoms with E-state index in [1.54, 1.807) is 38.1 Å². The number of hydrogen-bond donors (Lipinski definition) is 3. The number of nitrogens with two attached hydrogens (primary N) is 1. The monoisotopic (exact) mass is 635 g/mol. The molecule has 240 valence electrons. The van der Waals surface area contributed by atoms with Crippen molar-refractivity contribution in [3.63, 3.8) is 0 Å². The summed E-state index contributed by atoms with van der Waals surface area (Å²) in [7, 11) is -2.63. The molecule has 0 radical (unpaired) electrons. The number of carbonyl (C=O) groups excluding carboxylic acids is 5. The summed E-state index contributed by atoms with van der Waals surface area (Å²) in [6.07, 6.45) is -1.56. The van der Waals surface area contributed by atoms with Crippen LogP contribution in [0.25, 0.3) is 0 Å². The standard InChI is InChI=1S/C29H37N3O11S/c1-4-41-28(36)26(29(37)42-5-2)43-21-10-6-20(7-11-21)18-23(32-24(33)14-15-25(34)40-3)27(35)31-17-16-19-8-12-22(13-9-19)44(30,38)39/h6-13,23,26H,4-5,14-18H2,1-3H3,(H,31,35)(H,32,33)(H2,30,38,39)/t23-/m0/s1. The maximum atomic E-state index is 13.1. The molecule has 2 rings (SSSR count). The fourth-order valence-electron chi connectivity index (χ4n) is 3.80. The summed E-state index contributed by atoms with van der Waals surface area (Å²) in [6.45, 7) is 3.43. The average molecular weight is 636 g/mol. The predicted octanol–water partition coefficient (Wildman–Crippen LogP) is 0.547. The van der Waals surface area contributed by atoms with Crippen LogP contribution in [0.1, 0.15) is 37.8 Å². The lowest BCUT2D eigenvalue weighted by Gasteiger charge is -2.19. The van der Waals surface area contributed by atoms with E-state index in [-0.39, 0.29) is 49.7 Å². The minimum absolute atomic E-state index is 0.0336. The van der Waals surface area contributed by atoms with Crippen molar-refractivity contribution in [3.8, 4) is 5.75 Å². The molecule has 1 atom stereocenters. The number of nitrogens with one attached hydrogen (secondary N) is 2. The molecule has 0 bridgehead atoms. The van der Waals surface area contributed by atoms with Crippen LogP contribution in [0.3, 0.4) is 0 Å². The molecular formula is C29H37N3O11S. The molecule has 4 N–H and O–H groups in total. The van der Waals surface area contributed by atoms with Gasteiger partial charge in [0.25, 0.3) is 6.10 Å². The fourth-order valence-corrected chi connectivity index (χ4v) is 4.31. The van der Waals surface area contributed by atoms with Gasteiger partial charge in [0, 0.05) is 19.4 Å². The van der Waals surface area contributed by atoms with Gasteiger partial charge in [0.2, 0.25) is 21.8 Å². The van der Waals surface area contributed by atoms with Gasteiger partial charge in [-0.1, -0.05) is 24.3 Å². The number of carbonyl (C=O) groups is 5. The lowest BCUT2D eigenvalue weighted by atomic mass is 10.0. The van der Waals surface area contributed by atoms with Gasteiger partial charge in [-0.2, -0.15) is 0 Å². The molecular weight excluding hydrogens is 598 g/mol. The predicted molar refractivity (Wildman–Crippen MR) is 156 cm³/mol. The van der Waals surface area contributed by atoms with E-state index in [0.717, 1.165) is 5.56 Å². The maximum Gasteiger partial charge on any atom is 0.359 e. The Hall–Kier alpha value is -4.50. The van der Waals surface area contributed by atoms with E-state index in [4.69, 9.17) is 19.3 Å². The highest BCUT2D eigenvalue weighted by molar-refractivity contribution is 7.89. The molecule has 2 aromatic carbocycles. The van der Waals surface area contributed by atoms with Crippen molar-refractivity contribution in [3.05, 3.63) is 59.7 Å². The Labute approximate surface area is 255 Å². The van der Waals surface area contributed by atoms with E-state index in [1.165, 1.54) is 31.4 Å². The molecule has 0 saturated heterocycles. The van der Waals surface area contributed by atoms with Crippen LogP contribution in [0.15, 0.2) is 53.4 Å². The third kappa shape index (κ3) is 12.0. The van der Waals surface area contributed by atoms with Crippen molar-refractivity contribution in [2.75, 3.05) is 26.9 Å². The zero-order chi connectivity index (χ0) is 32.7. The largest absolute Gasteiger partial charge is 0.469 e. The van der Waals surface area contributed by atoms with Crippen LogP contribution in [0.4, 0.5) is 0 Å². The van der Waals surface area contributed by atoms with Gasteiger partial charge in [-0.15, -0.1) is 0 Å². The zero-order valence-electron chi connectivity index (χ0n) is 24.7. The molecule has 2 aromatic rings. The summed E-state index contributed by atoms with van der Waals surface area (Å²) in [5, 5.41) is 10.5. The number of ether oxygens (including phenoxy) is 4. The third-order valence-electron chi connectivity index (χ3n) is 6.02. The number of esters is 3. The molecule has 0 aromatic heterocycles. The first-order valence-electron chi connectivity index (χ1n) is 13.7. The van der Waals surface area contributed by atoms with Crippen molar-refractivity contribution < 1.29 is 51.3 Å². The van der Waals surface area contributed by atoms with Crippen LogP contribution in [0.2, 0.25) is 0 Å².